The largest absolute Gasteiger partial charge is 0.444 e. The van der Waals surface area contributed by atoms with E-state index in [0.29, 0.717) is 32.6 Å². The van der Waals surface area contributed by atoms with E-state index in [0.717, 1.165) is 0 Å². The molecule has 0 aromatic rings. The van der Waals surface area contributed by atoms with Crippen molar-refractivity contribution in [1.82, 2.24) is 15.5 Å². The quantitative estimate of drug-likeness (QED) is 0.678. The lowest BCUT2D eigenvalue weighted by molar-refractivity contribution is -0.118. The van der Waals surface area contributed by atoms with Gasteiger partial charge in [-0.15, -0.1) is 0 Å². The summed E-state index contributed by atoms with van der Waals surface area (Å²) in [6.07, 6.45) is 0.397. The highest BCUT2D eigenvalue weighted by Gasteiger charge is 2.21. The summed E-state index contributed by atoms with van der Waals surface area (Å²) in [6.45, 7) is 9.44. The lowest BCUT2D eigenvalue weighted by Crippen LogP contribution is -2.41. The molecule has 0 fully saturated rings. The minimum atomic E-state index is -0.493. The highest BCUT2D eigenvalue weighted by molar-refractivity contribution is 5.72. The summed E-state index contributed by atoms with van der Waals surface area (Å²) in [6, 6.07) is 0. The van der Waals surface area contributed by atoms with Crippen LogP contribution in [-0.4, -0.2) is 55.7 Å². The lowest BCUT2D eigenvalue weighted by Gasteiger charge is -2.27. The Hall–Kier alpha value is -1.30. The molecule has 0 aliphatic carbocycles. The van der Waals surface area contributed by atoms with Crippen molar-refractivity contribution in [3.8, 4) is 0 Å². The molecule has 0 saturated carbocycles. The Bertz CT molecular complexity index is 287. The van der Waals surface area contributed by atoms with E-state index in [-0.39, 0.29) is 12.0 Å². The number of hydrogen-bond acceptors (Lipinski definition) is 4. The number of nitrogens with one attached hydrogen (secondary N) is 2. The van der Waals surface area contributed by atoms with Gasteiger partial charge in [0, 0.05) is 33.1 Å². The Morgan fingerprint density at radius 2 is 1.79 bits per heavy atom. The molecule has 0 bridgehead atoms. The third kappa shape index (κ3) is 10.3. The van der Waals surface area contributed by atoms with Gasteiger partial charge in [-0.25, -0.2) is 4.79 Å². The molecule has 0 atom stereocenters. The zero-order chi connectivity index (χ0) is 14.9. The van der Waals surface area contributed by atoms with Crippen LogP contribution >= 0.6 is 0 Å². The number of ether oxygens (including phenoxy) is 1. The molecule has 2 N–H and O–H groups in total. The first-order chi connectivity index (χ1) is 8.76. The summed E-state index contributed by atoms with van der Waals surface area (Å²) >= 11 is 0. The van der Waals surface area contributed by atoms with Crippen LogP contribution in [0.3, 0.4) is 0 Å². The summed E-state index contributed by atoms with van der Waals surface area (Å²) in [7, 11) is 1.84. The summed E-state index contributed by atoms with van der Waals surface area (Å²) in [4.78, 5) is 24.4. The first-order valence-corrected chi connectivity index (χ1v) is 6.63. The van der Waals surface area contributed by atoms with Crippen molar-refractivity contribution in [2.24, 2.45) is 0 Å². The van der Waals surface area contributed by atoms with Crippen molar-refractivity contribution in [2.75, 3.05) is 33.2 Å². The molecule has 6 nitrogen and oxygen atoms in total. The maximum absolute atomic E-state index is 12.0. The average molecular weight is 273 g/mol. The van der Waals surface area contributed by atoms with E-state index in [4.69, 9.17) is 4.74 Å². The third-order valence-corrected chi connectivity index (χ3v) is 2.26. The van der Waals surface area contributed by atoms with Gasteiger partial charge in [0.2, 0.25) is 5.91 Å². The Balaban J connectivity index is 4.21. The number of likely N-dealkylation sites (N-methyl/N-ethyl adjacent to an activating group) is 1. The van der Waals surface area contributed by atoms with Crippen molar-refractivity contribution in [3.05, 3.63) is 0 Å². The van der Waals surface area contributed by atoms with Gasteiger partial charge in [-0.1, -0.05) is 0 Å². The van der Waals surface area contributed by atoms with Crippen LogP contribution in [0.25, 0.3) is 0 Å². The predicted octanol–water partition coefficient (Wildman–Crippen LogP) is 0.969. The smallest absolute Gasteiger partial charge is 0.410 e. The van der Waals surface area contributed by atoms with E-state index in [1.807, 2.05) is 27.8 Å². The van der Waals surface area contributed by atoms with Gasteiger partial charge >= 0.3 is 6.09 Å². The lowest BCUT2D eigenvalue weighted by atomic mass is 10.2. The van der Waals surface area contributed by atoms with Crippen LogP contribution < -0.4 is 10.6 Å². The molecule has 0 aliphatic heterocycles. The number of rotatable bonds is 7. The van der Waals surface area contributed by atoms with Crippen LogP contribution in [0.2, 0.25) is 0 Å². The van der Waals surface area contributed by atoms with Crippen LogP contribution in [-0.2, 0) is 9.53 Å². The van der Waals surface area contributed by atoms with Crippen molar-refractivity contribution >= 4 is 12.0 Å². The van der Waals surface area contributed by atoms with E-state index in [2.05, 4.69) is 10.6 Å². The number of hydrogen-bond donors (Lipinski definition) is 2. The van der Waals surface area contributed by atoms with E-state index < -0.39 is 5.60 Å². The van der Waals surface area contributed by atoms with Gasteiger partial charge in [-0.05, 0) is 34.2 Å². The first-order valence-electron chi connectivity index (χ1n) is 6.63. The van der Waals surface area contributed by atoms with Gasteiger partial charge in [0.1, 0.15) is 5.60 Å². The monoisotopic (exact) mass is 273 g/mol. The minimum Gasteiger partial charge on any atom is -0.444 e. The van der Waals surface area contributed by atoms with Crippen LogP contribution in [0.1, 0.15) is 34.1 Å². The first kappa shape index (κ1) is 17.7. The van der Waals surface area contributed by atoms with Gasteiger partial charge in [-0.3, -0.25) is 4.79 Å². The van der Waals surface area contributed by atoms with Crippen LogP contribution in [0.5, 0.6) is 0 Å². The maximum atomic E-state index is 12.0. The fourth-order valence-corrected chi connectivity index (χ4v) is 1.40. The molecule has 0 saturated heterocycles. The van der Waals surface area contributed by atoms with E-state index in [9.17, 15) is 9.59 Å². The van der Waals surface area contributed by atoms with Crippen molar-refractivity contribution < 1.29 is 14.3 Å². The highest BCUT2D eigenvalue weighted by Crippen LogP contribution is 2.09. The third-order valence-electron chi connectivity index (χ3n) is 2.26. The number of amides is 2. The summed E-state index contributed by atoms with van der Waals surface area (Å²) in [5, 5.41) is 5.72. The molecule has 0 aromatic heterocycles. The Kier molecular flexibility index (Phi) is 8.14. The van der Waals surface area contributed by atoms with Crippen molar-refractivity contribution in [3.63, 3.8) is 0 Å². The molecule has 2 amide bonds. The number of nitrogens with zero attached hydrogens (tertiary/aromatic N) is 1. The average Bonchev–Trinajstić information content (AvgIpc) is 2.25. The summed E-state index contributed by atoms with van der Waals surface area (Å²) < 4.78 is 5.35. The molecule has 0 radical (unpaired) electrons. The molecule has 0 heterocycles. The molecule has 19 heavy (non-hydrogen) atoms. The second-order valence-corrected chi connectivity index (χ2v) is 5.41. The molecule has 0 aromatic carbocycles. The van der Waals surface area contributed by atoms with Gasteiger partial charge < -0.3 is 20.3 Å². The normalized spacial score (nSPS) is 11.0. The summed E-state index contributed by atoms with van der Waals surface area (Å²) in [5.41, 5.74) is -0.493. The van der Waals surface area contributed by atoms with Crippen LogP contribution in [0.4, 0.5) is 4.79 Å². The van der Waals surface area contributed by atoms with Crippen LogP contribution in [0, 0.1) is 0 Å². The Labute approximate surface area is 115 Å². The molecular weight excluding hydrogens is 246 g/mol. The van der Waals surface area contributed by atoms with Gasteiger partial charge in [0.25, 0.3) is 0 Å². The zero-order valence-electron chi connectivity index (χ0n) is 12.7. The molecule has 112 valence electrons. The predicted molar refractivity (Wildman–Crippen MR) is 75.0 cm³/mol. The molecule has 0 unspecified atom stereocenters. The second kappa shape index (κ2) is 8.74. The summed E-state index contributed by atoms with van der Waals surface area (Å²) in [5.74, 6) is -0.0564. The topological polar surface area (TPSA) is 70.7 Å². The number of carbonyl (C=O) groups is 2. The number of carbonyl (C=O) groups excluding carboxylic acids is 2. The molecule has 0 aliphatic rings. The highest BCUT2D eigenvalue weighted by atomic mass is 16.6. The second-order valence-electron chi connectivity index (χ2n) is 5.41. The molecular formula is C13H27N3O3. The van der Waals surface area contributed by atoms with E-state index in [1.165, 1.54) is 6.92 Å². The van der Waals surface area contributed by atoms with Crippen molar-refractivity contribution in [2.45, 2.75) is 39.7 Å². The molecule has 0 rings (SSSR count). The van der Waals surface area contributed by atoms with E-state index >= 15 is 0 Å². The zero-order valence-corrected chi connectivity index (χ0v) is 12.7. The maximum Gasteiger partial charge on any atom is 0.410 e. The molecule has 0 spiro atoms. The molecule has 6 heteroatoms. The standard InChI is InChI=1S/C13H27N3O3/c1-11(17)15-7-6-9-16(10-8-14-5)12(18)19-13(2,3)4/h14H,6-10H2,1-5H3,(H,15,17). The Morgan fingerprint density at radius 3 is 2.26 bits per heavy atom. The van der Waals surface area contributed by atoms with Gasteiger partial charge in [-0.2, -0.15) is 0 Å². The SMILES string of the molecule is CNCCN(CCCNC(C)=O)C(=O)OC(C)(C)C. The van der Waals surface area contributed by atoms with Crippen molar-refractivity contribution in [1.29, 1.82) is 0 Å². The minimum absolute atomic E-state index is 0.0564. The van der Waals surface area contributed by atoms with Gasteiger partial charge in [0.05, 0.1) is 0 Å². The Morgan fingerprint density at radius 1 is 1.16 bits per heavy atom. The van der Waals surface area contributed by atoms with E-state index in [1.54, 1.807) is 4.90 Å². The van der Waals surface area contributed by atoms with Crippen LogP contribution in [0.15, 0.2) is 0 Å². The fraction of sp³-hybridized carbons (Fsp3) is 0.846. The fourth-order valence-electron chi connectivity index (χ4n) is 1.40. The van der Waals surface area contributed by atoms with Gasteiger partial charge in [0.15, 0.2) is 0 Å².